The van der Waals surface area contributed by atoms with E-state index in [1.165, 1.54) is 12.8 Å². The Morgan fingerprint density at radius 3 is 2.00 bits per heavy atom. The molecule has 0 fully saturated rings. The lowest BCUT2D eigenvalue weighted by atomic mass is 10.0. The second-order valence-electron chi connectivity index (χ2n) is 4.81. The predicted octanol–water partition coefficient (Wildman–Crippen LogP) is 2.56. The van der Waals surface area contributed by atoms with E-state index >= 15 is 0 Å². The summed E-state index contributed by atoms with van der Waals surface area (Å²) in [5.74, 6) is 0.798. The summed E-state index contributed by atoms with van der Waals surface area (Å²) in [4.78, 5) is 0. The topological polar surface area (TPSA) is 32.3 Å². The number of aliphatic hydroxyl groups excluding tert-OH is 1. The molecule has 0 radical (unpaired) electrons. The minimum atomic E-state index is 0.312. The van der Waals surface area contributed by atoms with Gasteiger partial charge in [0.1, 0.15) is 0 Å². The molecule has 0 rings (SSSR count). The average Bonchev–Trinajstić information content (AvgIpc) is 2.11. The largest absolute Gasteiger partial charge is 0.396 e. The number of nitrogens with one attached hydrogen (secondary N) is 1. The van der Waals surface area contributed by atoms with Crippen molar-refractivity contribution in [2.75, 3.05) is 6.61 Å². The van der Waals surface area contributed by atoms with Gasteiger partial charge in [-0.2, -0.15) is 0 Å². The van der Waals surface area contributed by atoms with Crippen molar-refractivity contribution in [2.45, 2.75) is 65.5 Å². The highest BCUT2D eigenvalue weighted by Gasteiger charge is 2.07. The lowest BCUT2D eigenvalue weighted by Crippen LogP contribution is -2.34. The fourth-order valence-corrected chi connectivity index (χ4v) is 1.63. The van der Waals surface area contributed by atoms with E-state index in [4.69, 9.17) is 5.11 Å². The van der Waals surface area contributed by atoms with Crippen molar-refractivity contribution in [1.29, 1.82) is 0 Å². The van der Waals surface area contributed by atoms with Crippen molar-refractivity contribution >= 4 is 0 Å². The van der Waals surface area contributed by atoms with Crippen LogP contribution in [0.15, 0.2) is 0 Å². The third-order valence-electron chi connectivity index (χ3n) is 2.54. The predicted molar refractivity (Wildman–Crippen MR) is 62.5 cm³/mol. The first kappa shape index (κ1) is 13.9. The molecule has 2 N–H and O–H groups in total. The number of hydrogen-bond acceptors (Lipinski definition) is 2. The SMILES string of the molecule is CC(C)CC[C@H](C)N[C@H](C)CCCO. The summed E-state index contributed by atoms with van der Waals surface area (Å²) in [6, 6.07) is 1.13. The van der Waals surface area contributed by atoms with Crippen LogP contribution in [-0.4, -0.2) is 23.8 Å². The average molecular weight is 201 g/mol. The molecule has 0 aromatic rings. The Bertz CT molecular complexity index is 125. The zero-order valence-electron chi connectivity index (χ0n) is 10.2. The molecule has 0 aliphatic carbocycles. The standard InChI is InChI=1S/C12H27NO/c1-10(2)7-8-12(4)13-11(3)6-5-9-14/h10-14H,5-9H2,1-4H3/t11-,12+/m1/s1. The molecule has 2 atom stereocenters. The molecule has 2 nitrogen and oxygen atoms in total. The normalized spacial score (nSPS) is 15.9. The maximum atomic E-state index is 8.70. The van der Waals surface area contributed by atoms with Gasteiger partial charge in [0.2, 0.25) is 0 Å². The Morgan fingerprint density at radius 2 is 1.50 bits per heavy atom. The van der Waals surface area contributed by atoms with Crippen molar-refractivity contribution in [2.24, 2.45) is 5.92 Å². The Morgan fingerprint density at radius 1 is 0.929 bits per heavy atom. The summed E-state index contributed by atoms with van der Waals surface area (Å²) in [7, 11) is 0. The highest BCUT2D eigenvalue weighted by atomic mass is 16.2. The first-order chi connectivity index (χ1) is 6.56. The Kier molecular flexibility index (Phi) is 8.20. The van der Waals surface area contributed by atoms with Gasteiger partial charge in [-0.1, -0.05) is 13.8 Å². The Hall–Kier alpha value is -0.0800. The maximum Gasteiger partial charge on any atom is 0.0431 e. The van der Waals surface area contributed by atoms with Crippen LogP contribution in [-0.2, 0) is 0 Å². The number of aliphatic hydroxyl groups is 1. The summed E-state index contributed by atoms with van der Waals surface area (Å²) in [6.07, 6.45) is 4.52. The molecule has 0 amide bonds. The summed E-state index contributed by atoms with van der Waals surface area (Å²) in [5, 5.41) is 12.3. The maximum absolute atomic E-state index is 8.70. The lowest BCUT2D eigenvalue weighted by molar-refractivity contribution is 0.273. The Balaban J connectivity index is 3.44. The molecule has 0 unspecified atom stereocenters. The lowest BCUT2D eigenvalue weighted by Gasteiger charge is -2.20. The first-order valence-electron chi connectivity index (χ1n) is 5.93. The van der Waals surface area contributed by atoms with Crippen LogP contribution in [0.25, 0.3) is 0 Å². The van der Waals surface area contributed by atoms with E-state index in [9.17, 15) is 0 Å². The zero-order chi connectivity index (χ0) is 11.0. The van der Waals surface area contributed by atoms with E-state index < -0.39 is 0 Å². The van der Waals surface area contributed by atoms with Gasteiger partial charge in [-0.05, 0) is 45.4 Å². The molecule has 0 spiro atoms. The van der Waals surface area contributed by atoms with Gasteiger partial charge in [-0.3, -0.25) is 0 Å². The van der Waals surface area contributed by atoms with Crippen LogP contribution in [0.1, 0.15) is 53.4 Å². The molecular formula is C12H27NO. The van der Waals surface area contributed by atoms with E-state index in [1.807, 2.05) is 0 Å². The van der Waals surface area contributed by atoms with E-state index in [1.54, 1.807) is 0 Å². The summed E-state index contributed by atoms with van der Waals surface area (Å²) >= 11 is 0. The van der Waals surface area contributed by atoms with E-state index in [0.717, 1.165) is 18.8 Å². The fourth-order valence-electron chi connectivity index (χ4n) is 1.63. The molecular weight excluding hydrogens is 174 g/mol. The first-order valence-corrected chi connectivity index (χ1v) is 5.93. The molecule has 0 bridgehead atoms. The molecule has 86 valence electrons. The van der Waals surface area contributed by atoms with Gasteiger partial charge >= 0.3 is 0 Å². The molecule has 0 aromatic heterocycles. The molecule has 14 heavy (non-hydrogen) atoms. The minimum Gasteiger partial charge on any atom is -0.396 e. The second-order valence-corrected chi connectivity index (χ2v) is 4.81. The van der Waals surface area contributed by atoms with Crippen LogP contribution in [0.2, 0.25) is 0 Å². The van der Waals surface area contributed by atoms with Gasteiger partial charge in [0.15, 0.2) is 0 Å². The fraction of sp³-hybridized carbons (Fsp3) is 1.00. The van der Waals surface area contributed by atoms with Gasteiger partial charge in [0.25, 0.3) is 0 Å². The van der Waals surface area contributed by atoms with Crippen LogP contribution >= 0.6 is 0 Å². The molecule has 0 aliphatic rings. The second kappa shape index (κ2) is 8.25. The quantitative estimate of drug-likeness (QED) is 0.632. The van der Waals surface area contributed by atoms with Crippen LogP contribution in [0, 0.1) is 5.92 Å². The van der Waals surface area contributed by atoms with Crippen molar-refractivity contribution in [3.8, 4) is 0 Å². The van der Waals surface area contributed by atoms with Crippen LogP contribution < -0.4 is 5.32 Å². The van der Waals surface area contributed by atoms with Crippen molar-refractivity contribution in [3.05, 3.63) is 0 Å². The zero-order valence-corrected chi connectivity index (χ0v) is 10.2. The summed E-state index contributed by atoms with van der Waals surface area (Å²) < 4.78 is 0. The molecule has 0 saturated heterocycles. The monoisotopic (exact) mass is 201 g/mol. The highest BCUT2D eigenvalue weighted by molar-refractivity contribution is 4.68. The van der Waals surface area contributed by atoms with Crippen molar-refractivity contribution in [1.82, 2.24) is 5.32 Å². The Labute approximate surface area is 89.1 Å². The van der Waals surface area contributed by atoms with Gasteiger partial charge in [-0.15, -0.1) is 0 Å². The van der Waals surface area contributed by atoms with Crippen molar-refractivity contribution < 1.29 is 5.11 Å². The summed E-state index contributed by atoms with van der Waals surface area (Å²) in [5.41, 5.74) is 0. The molecule has 2 heteroatoms. The van der Waals surface area contributed by atoms with Gasteiger partial charge in [-0.25, -0.2) is 0 Å². The molecule has 0 aliphatic heterocycles. The smallest absolute Gasteiger partial charge is 0.0431 e. The molecule has 0 aromatic carbocycles. The van der Waals surface area contributed by atoms with Crippen molar-refractivity contribution in [3.63, 3.8) is 0 Å². The highest BCUT2D eigenvalue weighted by Crippen LogP contribution is 2.07. The van der Waals surface area contributed by atoms with Gasteiger partial charge in [0.05, 0.1) is 0 Å². The van der Waals surface area contributed by atoms with E-state index in [-0.39, 0.29) is 0 Å². The van der Waals surface area contributed by atoms with Gasteiger partial charge in [0, 0.05) is 18.7 Å². The van der Waals surface area contributed by atoms with E-state index in [0.29, 0.717) is 18.7 Å². The van der Waals surface area contributed by atoms with Crippen LogP contribution in [0.3, 0.4) is 0 Å². The number of hydrogen-bond donors (Lipinski definition) is 2. The third-order valence-corrected chi connectivity index (χ3v) is 2.54. The minimum absolute atomic E-state index is 0.312. The van der Waals surface area contributed by atoms with E-state index in [2.05, 4.69) is 33.0 Å². The molecule has 0 saturated carbocycles. The van der Waals surface area contributed by atoms with Crippen LogP contribution in [0.4, 0.5) is 0 Å². The third kappa shape index (κ3) is 8.52. The number of rotatable bonds is 8. The summed E-state index contributed by atoms with van der Waals surface area (Å²) in [6.45, 7) is 9.29. The van der Waals surface area contributed by atoms with Crippen LogP contribution in [0.5, 0.6) is 0 Å². The molecule has 0 heterocycles. The van der Waals surface area contributed by atoms with Gasteiger partial charge < -0.3 is 10.4 Å².